The maximum Gasteiger partial charge on any atom is 0.311 e. The van der Waals surface area contributed by atoms with Gasteiger partial charge in [0.25, 0.3) is 0 Å². The average Bonchev–Trinajstić information content (AvgIpc) is 2.64. The van der Waals surface area contributed by atoms with Gasteiger partial charge in [0.05, 0.1) is 11.9 Å². The number of hydrogen-bond donors (Lipinski definition) is 1. The second-order valence-corrected chi connectivity index (χ2v) is 6.39. The molecule has 1 aromatic rings. The van der Waals surface area contributed by atoms with Crippen LogP contribution in [0.4, 0.5) is 0 Å². The summed E-state index contributed by atoms with van der Waals surface area (Å²) in [6.45, 7) is 0. The van der Waals surface area contributed by atoms with Crippen LogP contribution in [0.3, 0.4) is 0 Å². The Balaban J connectivity index is 2.22. The monoisotopic (exact) mass is 259 g/mol. The molecule has 2 rings (SSSR count). The van der Waals surface area contributed by atoms with Gasteiger partial charge in [0.1, 0.15) is 17.4 Å². The van der Waals surface area contributed by atoms with Crippen LogP contribution in [-0.4, -0.2) is 30.2 Å². The van der Waals surface area contributed by atoms with Gasteiger partial charge in [0.2, 0.25) is 5.89 Å². The van der Waals surface area contributed by atoms with Crippen molar-refractivity contribution in [3.63, 3.8) is 0 Å². The molecule has 1 atom stereocenters. The summed E-state index contributed by atoms with van der Waals surface area (Å²) >= 11 is 0. The molecule has 1 fully saturated rings. The minimum atomic E-state index is -3.20. The highest BCUT2D eigenvalue weighted by molar-refractivity contribution is 7.91. The zero-order chi connectivity index (χ0) is 12.5. The van der Waals surface area contributed by atoms with Gasteiger partial charge >= 0.3 is 5.97 Å². The van der Waals surface area contributed by atoms with Crippen LogP contribution in [0.25, 0.3) is 0 Å². The Morgan fingerprint density at radius 3 is 2.94 bits per heavy atom. The lowest BCUT2D eigenvalue weighted by Gasteiger charge is -2.19. The summed E-state index contributed by atoms with van der Waals surface area (Å²) in [5.74, 6) is -0.567. The average molecular weight is 259 g/mol. The van der Waals surface area contributed by atoms with Crippen LogP contribution in [0.15, 0.2) is 10.6 Å². The van der Waals surface area contributed by atoms with Crippen LogP contribution in [0.5, 0.6) is 0 Å². The van der Waals surface area contributed by atoms with Crippen molar-refractivity contribution in [1.82, 2.24) is 4.98 Å². The molecule has 7 heteroatoms. The summed E-state index contributed by atoms with van der Waals surface area (Å²) in [6.07, 6.45) is 2.99. The molecule has 1 N–H and O–H groups in total. The molecule has 17 heavy (non-hydrogen) atoms. The van der Waals surface area contributed by atoms with E-state index < -0.39 is 21.1 Å². The number of carboxylic acid groups (broad SMARTS) is 1. The molecule has 0 amide bonds. The zero-order valence-corrected chi connectivity index (χ0v) is 9.94. The van der Waals surface area contributed by atoms with Crippen LogP contribution >= 0.6 is 0 Å². The normalized spacial score (nSPS) is 23.4. The van der Waals surface area contributed by atoms with Crippen LogP contribution in [0, 0.1) is 0 Å². The lowest BCUT2D eigenvalue weighted by Crippen LogP contribution is -2.21. The van der Waals surface area contributed by atoms with Crippen molar-refractivity contribution in [2.45, 2.75) is 30.9 Å². The number of oxazole rings is 1. The summed E-state index contributed by atoms with van der Waals surface area (Å²) in [6, 6.07) is 0. The summed E-state index contributed by atoms with van der Waals surface area (Å²) in [5, 5.41) is 7.87. The second-order valence-electron chi connectivity index (χ2n) is 4.09. The Kier molecular flexibility index (Phi) is 3.19. The minimum Gasteiger partial charge on any atom is -0.481 e. The summed E-state index contributed by atoms with van der Waals surface area (Å²) in [5.41, 5.74) is 0. The maximum atomic E-state index is 11.8. The van der Waals surface area contributed by atoms with Gasteiger partial charge < -0.3 is 9.52 Å². The molecule has 0 spiro atoms. The predicted molar refractivity (Wildman–Crippen MR) is 58.2 cm³/mol. The highest BCUT2D eigenvalue weighted by atomic mass is 32.2. The van der Waals surface area contributed by atoms with Crippen LogP contribution in [0.2, 0.25) is 0 Å². The molecule has 6 nitrogen and oxygen atoms in total. The van der Waals surface area contributed by atoms with E-state index in [1.807, 2.05) is 0 Å². The van der Waals surface area contributed by atoms with E-state index >= 15 is 0 Å². The zero-order valence-electron chi connectivity index (χ0n) is 9.13. The van der Waals surface area contributed by atoms with E-state index in [4.69, 9.17) is 9.52 Å². The number of aromatic nitrogens is 1. The molecule has 2 heterocycles. The van der Waals surface area contributed by atoms with Crippen molar-refractivity contribution < 1.29 is 22.7 Å². The number of carboxylic acids is 1. The van der Waals surface area contributed by atoms with Crippen molar-refractivity contribution in [2.75, 3.05) is 5.75 Å². The van der Waals surface area contributed by atoms with E-state index in [9.17, 15) is 13.2 Å². The summed E-state index contributed by atoms with van der Waals surface area (Å²) in [7, 11) is -3.20. The first kappa shape index (κ1) is 12.1. The van der Waals surface area contributed by atoms with Crippen molar-refractivity contribution in [1.29, 1.82) is 0 Å². The number of carbonyl (C=O) groups is 1. The molecule has 0 saturated carbocycles. The molecule has 1 aromatic heterocycles. The first-order valence-corrected chi connectivity index (χ1v) is 7.08. The molecule has 0 aliphatic carbocycles. The molecule has 0 radical (unpaired) electrons. The Labute approximate surface area is 98.6 Å². The van der Waals surface area contributed by atoms with Crippen molar-refractivity contribution >= 4 is 15.8 Å². The molecule has 1 unspecified atom stereocenters. The van der Waals surface area contributed by atoms with Crippen LogP contribution < -0.4 is 0 Å². The Hall–Kier alpha value is -1.37. The largest absolute Gasteiger partial charge is 0.481 e. The van der Waals surface area contributed by atoms with E-state index in [1.54, 1.807) is 0 Å². The van der Waals surface area contributed by atoms with Crippen molar-refractivity contribution in [3.05, 3.63) is 17.8 Å². The van der Waals surface area contributed by atoms with E-state index in [1.165, 1.54) is 6.20 Å². The maximum absolute atomic E-state index is 11.8. The van der Waals surface area contributed by atoms with E-state index in [2.05, 4.69) is 4.98 Å². The smallest absolute Gasteiger partial charge is 0.311 e. The Morgan fingerprint density at radius 2 is 2.29 bits per heavy atom. The van der Waals surface area contributed by atoms with Gasteiger partial charge in [-0.1, -0.05) is 6.42 Å². The lowest BCUT2D eigenvalue weighted by molar-refractivity contribution is -0.136. The van der Waals surface area contributed by atoms with Crippen LogP contribution in [0.1, 0.15) is 36.2 Å². The number of rotatable bonds is 3. The third-order valence-corrected chi connectivity index (χ3v) is 4.91. The molecule has 94 valence electrons. The third kappa shape index (κ3) is 2.66. The fourth-order valence-corrected chi connectivity index (χ4v) is 3.77. The molecular formula is C10H13NO5S. The summed E-state index contributed by atoms with van der Waals surface area (Å²) in [4.78, 5) is 14.4. The summed E-state index contributed by atoms with van der Waals surface area (Å²) < 4.78 is 28.8. The van der Waals surface area contributed by atoms with Crippen LogP contribution in [-0.2, 0) is 21.1 Å². The fourth-order valence-electron chi connectivity index (χ4n) is 1.93. The van der Waals surface area contributed by atoms with Gasteiger partial charge in [-0.3, -0.25) is 4.79 Å². The predicted octanol–water partition coefficient (Wildman–Crippen LogP) is 0.942. The molecule has 0 bridgehead atoms. The molecule has 1 saturated heterocycles. The second kappa shape index (κ2) is 4.48. The molecule has 1 aliphatic rings. The number of aliphatic carboxylic acids is 1. The molecule has 1 aliphatic heterocycles. The van der Waals surface area contributed by atoms with E-state index in [0.29, 0.717) is 12.8 Å². The Morgan fingerprint density at radius 1 is 1.53 bits per heavy atom. The standard InChI is InChI=1S/C10H13NO5S/c12-9(13)5-7-6-11-10(16-7)8-3-1-2-4-17(8,14)15/h6,8H,1-5H2,(H,12,13). The van der Waals surface area contributed by atoms with Crippen molar-refractivity contribution in [2.24, 2.45) is 0 Å². The molecule has 0 aromatic carbocycles. The van der Waals surface area contributed by atoms with Gasteiger partial charge in [-0.05, 0) is 12.8 Å². The van der Waals surface area contributed by atoms with E-state index in [0.717, 1.165) is 6.42 Å². The first-order valence-electron chi connectivity index (χ1n) is 5.37. The number of sulfone groups is 1. The number of hydrogen-bond acceptors (Lipinski definition) is 5. The molecular weight excluding hydrogens is 246 g/mol. The first-order chi connectivity index (χ1) is 7.99. The number of nitrogens with zero attached hydrogens (tertiary/aromatic N) is 1. The van der Waals surface area contributed by atoms with E-state index in [-0.39, 0.29) is 23.8 Å². The van der Waals surface area contributed by atoms with Gasteiger partial charge in [-0.25, -0.2) is 13.4 Å². The minimum absolute atomic E-state index is 0.126. The highest BCUT2D eigenvalue weighted by Crippen LogP contribution is 2.32. The third-order valence-electron chi connectivity index (χ3n) is 2.75. The van der Waals surface area contributed by atoms with Gasteiger partial charge in [-0.2, -0.15) is 0 Å². The highest BCUT2D eigenvalue weighted by Gasteiger charge is 2.33. The van der Waals surface area contributed by atoms with Gasteiger partial charge in [0, 0.05) is 0 Å². The Bertz CT molecular complexity index is 519. The van der Waals surface area contributed by atoms with Gasteiger partial charge in [0.15, 0.2) is 9.84 Å². The van der Waals surface area contributed by atoms with Gasteiger partial charge in [-0.15, -0.1) is 0 Å². The van der Waals surface area contributed by atoms with Crippen molar-refractivity contribution in [3.8, 4) is 0 Å². The lowest BCUT2D eigenvalue weighted by atomic mass is 10.2. The fraction of sp³-hybridized carbons (Fsp3) is 0.600. The topological polar surface area (TPSA) is 97.5 Å². The quantitative estimate of drug-likeness (QED) is 0.867. The SMILES string of the molecule is O=C(O)Cc1cnc(C2CCCCS2(=O)=O)o1.